The summed E-state index contributed by atoms with van der Waals surface area (Å²) in [5.74, 6) is 0.420. The van der Waals surface area contributed by atoms with Gasteiger partial charge >= 0.3 is 5.97 Å². The summed E-state index contributed by atoms with van der Waals surface area (Å²) >= 11 is 0. The first-order chi connectivity index (χ1) is 8.52. The molecule has 112 valence electrons. The Morgan fingerprint density at radius 1 is 1.11 bits per heavy atom. The fourth-order valence-electron chi connectivity index (χ4n) is 4.05. The average Bonchev–Trinajstić information content (AvgIpc) is 2.21. The van der Waals surface area contributed by atoms with Gasteiger partial charge in [0, 0.05) is 0 Å². The van der Waals surface area contributed by atoms with Crippen molar-refractivity contribution in [2.75, 3.05) is 13.7 Å². The van der Waals surface area contributed by atoms with E-state index in [1.165, 1.54) is 7.11 Å². The van der Waals surface area contributed by atoms with Crippen LogP contribution in [-0.2, 0) is 9.53 Å². The number of hydrogen-bond acceptors (Lipinski definition) is 3. The number of esters is 1. The van der Waals surface area contributed by atoms with Gasteiger partial charge in [-0.3, -0.25) is 4.79 Å². The van der Waals surface area contributed by atoms with Crippen LogP contribution in [0.5, 0.6) is 0 Å². The molecule has 0 aromatic carbocycles. The quantitative estimate of drug-likeness (QED) is 0.795. The molecule has 19 heavy (non-hydrogen) atoms. The van der Waals surface area contributed by atoms with Gasteiger partial charge < -0.3 is 10.1 Å². The third-order valence-corrected chi connectivity index (χ3v) is 3.94. The van der Waals surface area contributed by atoms with E-state index in [-0.39, 0.29) is 16.8 Å². The van der Waals surface area contributed by atoms with E-state index >= 15 is 0 Å². The lowest BCUT2D eigenvalue weighted by molar-refractivity contribution is -0.155. The highest BCUT2D eigenvalue weighted by Gasteiger charge is 2.52. The maximum Gasteiger partial charge on any atom is 0.326 e. The van der Waals surface area contributed by atoms with Gasteiger partial charge in [0.15, 0.2) is 0 Å². The lowest BCUT2D eigenvalue weighted by Gasteiger charge is -2.51. The predicted molar refractivity (Wildman–Crippen MR) is 79.0 cm³/mol. The SMILES string of the molecule is COC(=O)C1(NCC(C)C)CC(C)(C)CC(C)(C)C1. The minimum atomic E-state index is -0.524. The van der Waals surface area contributed by atoms with Crippen LogP contribution in [0.4, 0.5) is 0 Å². The monoisotopic (exact) mass is 269 g/mol. The van der Waals surface area contributed by atoms with Gasteiger partial charge in [0.2, 0.25) is 0 Å². The smallest absolute Gasteiger partial charge is 0.326 e. The topological polar surface area (TPSA) is 38.3 Å². The van der Waals surface area contributed by atoms with Gasteiger partial charge in [-0.05, 0) is 42.6 Å². The zero-order valence-corrected chi connectivity index (χ0v) is 13.7. The number of nitrogens with one attached hydrogen (secondary N) is 1. The zero-order chi connectivity index (χ0) is 14.9. The molecule has 0 aromatic rings. The minimum Gasteiger partial charge on any atom is -0.468 e. The van der Waals surface area contributed by atoms with E-state index in [2.05, 4.69) is 46.9 Å². The predicted octanol–water partition coefficient (Wildman–Crippen LogP) is 3.38. The molecule has 1 saturated carbocycles. The van der Waals surface area contributed by atoms with Crippen molar-refractivity contribution in [3.05, 3.63) is 0 Å². The van der Waals surface area contributed by atoms with Crippen LogP contribution in [0.1, 0.15) is 60.8 Å². The molecule has 0 radical (unpaired) electrons. The molecular weight excluding hydrogens is 238 g/mol. The molecule has 1 rings (SSSR count). The largest absolute Gasteiger partial charge is 0.468 e. The number of carbonyl (C=O) groups excluding carboxylic acids is 1. The van der Waals surface area contributed by atoms with Crippen LogP contribution in [0.2, 0.25) is 0 Å². The second-order valence-electron chi connectivity index (χ2n) is 8.21. The third kappa shape index (κ3) is 4.20. The number of hydrogen-bond donors (Lipinski definition) is 1. The molecule has 1 aliphatic carbocycles. The summed E-state index contributed by atoms with van der Waals surface area (Å²) in [4.78, 5) is 12.4. The Balaban J connectivity index is 3.04. The van der Waals surface area contributed by atoms with Gasteiger partial charge in [0.05, 0.1) is 7.11 Å². The van der Waals surface area contributed by atoms with E-state index in [1.807, 2.05) is 0 Å². The number of methoxy groups -OCH3 is 1. The van der Waals surface area contributed by atoms with Crippen LogP contribution < -0.4 is 5.32 Å². The van der Waals surface area contributed by atoms with Crippen LogP contribution in [0.3, 0.4) is 0 Å². The summed E-state index contributed by atoms with van der Waals surface area (Å²) in [5, 5.41) is 3.52. The molecule has 1 aliphatic rings. The van der Waals surface area contributed by atoms with Gasteiger partial charge in [-0.15, -0.1) is 0 Å². The van der Waals surface area contributed by atoms with Gasteiger partial charge in [-0.1, -0.05) is 41.5 Å². The fraction of sp³-hybridized carbons (Fsp3) is 0.938. The Morgan fingerprint density at radius 3 is 1.95 bits per heavy atom. The molecule has 0 spiro atoms. The summed E-state index contributed by atoms with van der Waals surface area (Å²) in [7, 11) is 1.50. The van der Waals surface area contributed by atoms with Gasteiger partial charge in [-0.2, -0.15) is 0 Å². The molecule has 0 aliphatic heterocycles. The minimum absolute atomic E-state index is 0.103. The highest BCUT2D eigenvalue weighted by atomic mass is 16.5. The normalized spacial score (nSPS) is 24.2. The van der Waals surface area contributed by atoms with Crippen LogP contribution in [0, 0.1) is 16.7 Å². The molecule has 1 N–H and O–H groups in total. The fourth-order valence-corrected chi connectivity index (χ4v) is 4.05. The molecule has 0 saturated heterocycles. The first-order valence-electron chi connectivity index (χ1n) is 7.35. The molecule has 0 heterocycles. The van der Waals surface area contributed by atoms with Gasteiger partial charge in [-0.25, -0.2) is 0 Å². The molecule has 0 amide bonds. The number of carbonyl (C=O) groups is 1. The van der Waals surface area contributed by atoms with E-state index in [0.29, 0.717) is 5.92 Å². The molecule has 0 atom stereocenters. The molecule has 3 nitrogen and oxygen atoms in total. The van der Waals surface area contributed by atoms with E-state index in [0.717, 1.165) is 25.8 Å². The van der Waals surface area contributed by atoms with Crippen molar-refractivity contribution in [1.82, 2.24) is 5.32 Å². The average molecular weight is 269 g/mol. The van der Waals surface area contributed by atoms with E-state index in [1.54, 1.807) is 0 Å². The summed E-state index contributed by atoms with van der Waals surface area (Å²) < 4.78 is 5.11. The van der Waals surface area contributed by atoms with Crippen LogP contribution in [0.15, 0.2) is 0 Å². The molecule has 0 bridgehead atoms. The molecule has 1 fully saturated rings. The Bertz CT molecular complexity index is 316. The molecule has 0 aromatic heterocycles. The van der Waals surface area contributed by atoms with E-state index in [4.69, 9.17) is 4.74 Å². The Kier molecular flexibility index (Phi) is 4.71. The second-order valence-corrected chi connectivity index (χ2v) is 8.21. The van der Waals surface area contributed by atoms with Crippen molar-refractivity contribution in [1.29, 1.82) is 0 Å². The Labute approximate surface area is 118 Å². The van der Waals surface area contributed by atoms with E-state index in [9.17, 15) is 4.79 Å². The first kappa shape index (κ1) is 16.5. The Hall–Kier alpha value is -0.570. The van der Waals surface area contributed by atoms with Gasteiger partial charge in [0.25, 0.3) is 0 Å². The Morgan fingerprint density at radius 2 is 1.58 bits per heavy atom. The van der Waals surface area contributed by atoms with Crippen molar-refractivity contribution >= 4 is 5.97 Å². The number of ether oxygens (including phenoxy) is 1. The highest BCUT2D eigenvalue weighted by Crippen LogP contribution is 2.50. The van der Waals surface area contributed by atoms with Crippen LogP contribution >= 0.6 is 0 Å². The lowest BCUT2D eigenvalue weighted by atomic mass is 9.58. The van der Waals surface area contributed by atoms with Crippen molar-refractivity contribution in [2.45, 2.75) is 66.3 Å². The summed E-state index contributed by atoms with van der Waals surface area (Å²) in [5.41, 5.74) is -0.218. The number of rotatable bonds is 4. The molecular formula is C16H31NO2. The lowest BCUT2D eigenvalue weighted by Crippen LogP contribution is -2.60. The summed E-state index contributed by atoms with van der Waals surface area (Å²) in [6.45, 7) is 14.2. The van der Waals surface area contributed by atoms with Crippen molar-refractivity contribution in [3.8, 4) is 0 Å². The maximum atomic E-state index is 12.4. The van der Waals surface area contributed by atoms with Crippen molar-refractivity contribution < 1.29 is 9.53 Å². The first-order valence-corrected chi connectivity index (χ1v) is 7.35. The highest BCUT2D eigenvalue weighted by molar-refractivity contribution is 5.81. The van der Waals surface area contributed by atoms with Crippen molar-refractivity contribution in [2.24, 2.45) is 16.7 Å². The van der Waals surface area contributed by atoms with Gasteiger partial charge in [0.1, 0.15) is 5.54 Å². The van der Waals surface area contributed by atoms with Crippen LogP contribution in [-0.4, -0.2) is 25.2 Å². The zero-order valence-electron chi connectivity index (χ0n) is 13.7. The third-order valence-electron chi connectivity index (χ3n) is 3.94. The molecule has 3 heteroatoms. The summed E-state index contributed by atoms with van der Waals surface area (Å²) in [6.07, 6.45) is 2.84. The maximum absolute atomic E-state index is 12.4. The molecule has 0 unspecified atom stereocenters. The summed E-state index contributed by atoms with van der Waals surface area (Å²) in [6, 6.07) is 0. The van der Waals surface area contributed by atoms with E-state index < -0.39 is 5.54 Å². The standard InChI is InChI=1S/C16H31NO2/c1-12(2)8-17-16(13(18)19-7)10-14(3,4)9-15(5,6)11-16/h12,17H,8-11H2,1-7H3. The second kappa shape index (κ2) is 5.43. The van der Waals surface area contributed by atoms with Crippen molar-refractivity contribution in [3.63, 3.8) is 0 Å². The van der Waals surface area contributed by atoms with Crippen LogP contribution in [0.25, 0.3) is 0 Å².